The van der Waals surface area contributed by atoms with Gasteiger partial charge in [-0.3, -0.25) is 0 Å². The van der Waals surface area contributed by atoms with Crippen molar-refractivity contribution in [3.05, 3.63) is 63.1 Å². The molecule has 0 aliphatic carbocycles. The molecular formula is C29H46Cl2N2O. The third-order valence-electron chi connectivity index (χ3n) is 6.03. The molecule has 1 aliphatic rings. The van der Waals surface area contributed by atoms with Crippen molar-refractivity contribution >= 4 is 28.9 Å². The molecule has 0 spiro atoms. The number of hydrogen-bond acceptors (Lipinski definition) is 3. The highest BCUT2D eigenvalue weighted by Crippen LogP contribution is 2.33. The van der Waals surface area contributed by atoms with Crippen molar-refractivity contribution in [2.75, 3.05) is 44.8 Å². The van der Waals surface area contributed by atoms with Gasteiger partial charge in [0.1, 0.15) is 0 Å². The summed E-state index contributed by atoms with van der Waals surface area (Å²) in [7, 11) is 2.17. The minimum absolute atomic E-state index is 0.536. The van der Waals surface area contributed by atoms with Crippen molar-refractivity contribution in [3.63, 3.8) is 0 Å². The molecule has 1 fully saturated rings. The molecule has 2 aromatic carbocycles. The van der Waals surface area contributed by atoms with Crippen LogP contribution >= 0.6 is 23.2 Å². The van der Waals surface area contributed by atoms with Gasteiger partial charge in [-0.15, -0.1) is 0 Å². The van der Waals surface area contributed by atoms with Gasteiger partial charge in [-0.25, -0.2) is 0 Å². The molecule has 1 unspecified atom stereocenters. The summed E-state index contributed by atoms with van der Waals surface area (Å²) in [6, 6.07) is 12.8. The predicted octanol–water partition coefficient (Wildman–Crippen LogP) is 8.45. The van der Waals surface area contributed by atoms with Crippen LogP contribution in [0.25, 0.3) is 0 Å². The van der Waals surface area contributed by atoms with Gasteiger partial charge in [0.25, 0.3) is 0 Å². The topological polar surface area (TPSA) is 15.7 Å². The summed E-state index contributed by atoms with van der Waals surface area (Å²) in [6.45, 7) is 20.4. The summed E-state index contributed by atoms with van der Waals surface area (Å²) in [5.41, 5.74) is 5.34. The Morgan fingerprint density at radius 3 is 2.06 bits per heavy atom. The zero-order valence-electron chi connectivity index (χ0n) is 22.6. The zero-order valence-corrected chi connectivity index (χ0v) is 24.1. The molecular weight excluding hydrogens is 463 g/mol. The van der Waals surface area contributed by atoms with Crippen LogP contribution in [0.3, 0.4) is 0 Å². The van der Waals surface area contributed by atoms with Gasteiger partial charge in [0.05, 0.1) is 13.2 Å². The van der Waals surface area contributed by atoms with E-state index in [0.717, 1.165) is 51.4 Å². The highest BCUT2D eigenvalue weighted by Gasteiger charge is 2.20. The number of rotatable bonds is 8. The molecule has 1 heterocycles. The van der Waals surface area contributed by atoms with Gasteiger partial charge in [-0.1, -0.05) is 70.8 Å². The summed E-state index contributed by atoms with van der Waals surface area (Å²) in [5, 5.41) is 1.39. The quantitative estimate of drug-likeness (QED) is 0.355. The highest BCUT2D eigenvalue weighted by atomic mass is 35.5. The molecule has 3 rings (SSSR count). The first kappa shape index (κ1) is 30.8. The predicted molar refractivity (Wildman–Crippen MR) is 152 cm³/mol. The maximum Gasteiger partial charge on any atom is 0.0642 e. The fraction of sp³-hybridized carbons (Fsp3) is 0.586. The Labute approximate surface area is 219 Å². The lowest BCUT2D eigenvalue weighted by Crippen LogP contribution is -2.36. The van der Waals surface area contributed by atoms with E-state index in [4.69, 9.17) is 27.9 Å². The van der Waals surface area contributed by atoms with Gasteiger partial charge in [-0.05, 0) is 85.8 Å². The Morgan fingerprint density at radius 2 is 1.53 bits per heavy atom. The monoisotopic (exact) mass is 508 g/mol. The summed E-state index contributed by atoms with van der Waals surface area (Å²) < 4.78 is 5.49. The van der Waals surface area contributed by atoms with Crippen molar-refractivity contribution in [2.24, 2.45) is 5.92 Å². The number of ether oxygens (including phenoxy) is 1. The van der Waals surface area contributed by atoms with E-state index in [2.05, 4.69) is 55.8 Å². The average Bonchev–Trinajstić information content (AvgIpc) is 2.82. The largest absolute Gasteiger partial charge is 0.378 e. The van der Waals surface area contributed by atoms with E-state index in [1.807, 2.05) is 39.8 Å². The molecule has 1 atom stereocenters. The molecule has 0 N–H and O–H groups in total. The van der Waals surface area contributed by atoms with Crippen molar-refractivity contribution in [3.8, 4) is 0 Å². The molecule has 0 bridgehead atoms. The first-order valence-corrected chi connectivity index (χ1v) is 13.7. The van der Waals surface area contributed by atoms with Crippen molar-refractivity contribution < 1.29 is 4.74 Å². The van der Waals surface area contributed by atoms with E-state index in [1.54, 1.807) is 6.07 Å². The van der Waals surface area contributed by atoms with Crippen LogP contribution in [0, 0.1) is 12.8 Å². The number of benzene rings is 2. The van der Waals surface area contributed by atoms with Crippen LogP contribution in [0.15, 0.2) is 36.4 Å². The third kappa shape index (κ3) is 9.77. The van der Waals surface area contributed by atoms with Crippen LogP contribution in [-0.4, -0.2) is 44.8 Å². The summed E-state index contributed by atoms with van der Waals surface area (Å²) in [4.78, 5) is 4.78. The fourth-order valence-corrected chi connectivity index (χ4v) is 4.97. The maximum absolute atomic E-state index is 6.16. The fourth-order valence-electron chi connectivity index (χ4n) is 4.39. The second-order valence-electron chi connectivity index (χ2n) is 8.79. The van der Waals surface area contributed by atoms with Crippen molar-refractivity contribution in [1.29, 1.82) is 0 Å². The Balaban J connectivity index is 0.00000137. The highest BCUT2D eigenvalue weighted by molar-refractivity contribution is 6.34. The number of morpholine rings is 1. The second kappa shape index (κ2) is 16.4. The lowest BCUT2D eigenvalue weighted by atomic mass is 9.83. The molecule has 0 aromatic heterocycles. The van der Waals surface area contributed by atoms with E-state index >= 15 is 0 Å². The molecule has 1 aliphatic heterocycles. The van der Waals surface area contributed by atoms with Crippen LogP contribution < -0.4 is 4.90 Å². The van der Waals surface area contributed by atoms with Crippen LogP contribution in [0.4, 0.5) is 5.69 Å². The van der Waals surface area contributed by atoms with Gasteiger partial charge >= 0.3 is 0 Å². The average molecular weight is 510 g/mol. The number of halogens is 2. The third-order valence-corrected chi connectivity index (χ3v) is 6.47. The second-order valence-corrected chi connectivity index (χ2v) is 9.67. The lowest BCUT2D eigenvalue weighted by Gasteiger charge is -2.31. The molecule has 34 heavy (non-hydrogen) atoms. The van der Waals surface area contributed by atoms with Crippen molar-refractivity contribution in [1.82, 2.24) is 4.90 Å². The van der Waals surface area contributed by atoms with Gasteiger partial charge < -0.3 is 14.5 Å². The van der Waals surface area contributed by atoms with E-state index in [1.165, 1.54) is 16.8 Å². The van der Waals surface area contributed by atoms with Gasteiger partial charge in [0.15, 0.2) is 0 Å². The molecule has 2 aromatic rings. The van der Waals surface area contributed by atoms with Gasteiger partial charge in [-0.2, -0.15) is 0 Å². The summed E-state index contributed by atoms with van der Waals surface area (Å²) in [5.74, 6) is 1.13. The Morgan fingerprint density at radius 1 is 0.941 bits per heavy atom. The molecule has 192 valence electrons. The van der Waals surface area contributed by atoms with E-state index in [0.29, 0.717) is 21.9 Å². The maximum atomic E-state index is 6.16. The Kier molecular flexibility index (Phi) is 14.9. The first-order valence-electron chi connectivity index (χ1n) is 12.9. The summed E-state index contributed by atoms with van der Waals surface area (Å²) >= 11 is 12.3. The molecule has 0 amide bonds. The Hall–Kier alpha value is -1.26. The lowest BCUT2D eigenvalue weighted by molar-refractivity contribution is 0.122. The van der Waals surface area contributed by atoms with Gasteiger partial charge in [0.2, 0.25) is 0 Å². The minimum Gasteiger partial charge on any atom is -0.378 e. The zero-order chi connectivity index (χ0) is 25.7. The number of nitrogens with zero attached hydrogens (tertiary/aromatic N) is 2. The number of hydrogen-bond donors (Lipinski definition) is 0. The summed E-state index contributed by atoms with van der Waals surface area (Å²) in [6.07, 6.45) is 1.13. The first-order chi connectivity index (χ1) is 16.3. The molecule has 3 nitrogen and oxygen atoms in total. The smallest absolute Gasteiger partial charge is 0.0642 e. The Bertz CT molecular complexity index is 815. The van der Waals surface area contributed by atoms with Crippen LogP contribution in [0.5, 0.6) is 0 Å². The van der Waals surface area contributed by atoms with Crippen LogP contribution in [0.1, 0.15) is 70.6 Å². The standard InChI is InChI=1S/C25H34Cl2N2O.2C2H6/c1-18(2)24(7-8-28(4)17-20-14-21(26)16-22(27)15-20)25-6-5-23(13-19(25)3)29-9-11-30-12-10-29;2*1-2/h5-6,13-16,18,24H,7-12,17H2,1-4H3;2*1-2H3. The van der Waals surface area contributed by atoms with Crippen molar-refractivity contribution in [2.45, 2.75) is 67.3 Å². The van der Waals surface area contributed by atoms with E-state index in [-0.39, 0.29) is 0 Å². The minimum atomic E-state index is 0.536. The van der Waals surface area contributed by atoms with Crippen LogP contribution in [0.2, 0.25) is 10.0 Å². The van der Waals surface area contributed by atoms with E-state index in [9.17, 15) is 0 Å². The molecule has 5 heteroatoms. The molecule has 1 saturated heterocycles. The molecule has 0 saturated carbocycles. The SMILES string of the molecule is CC.CC.Cc1cc(N2CCOCC2)ccc1C(CCN(C)Cc1cc(Cl)cc(Cl)c1)C(C)C. The molecule has 0 radical (unpaired) electrons. The van der Waals surface area contributed by atoms with E-state index < -0.39 is 0 Å². The number of aryl methyl sites for hydroxylation is 1. The van der Waals surface area contributed by atoms with Gasteiger partial charge in [0, 0.05) is 35.4 Å². The number of anilines is 1. The van der Waals surface area contributed by atoms with Crippen LogP contribution in [-0.2, 0) is 11.3 Å². The normalized spacial score (nSPS) is 14.3.